The van der Waals surface area contributed by atoms with E-state index in [-0.39, 0.29) is 5.60 Å². The number of rotatable bonds is 3. The van der Waals surface area contributed by atoms with Gasteiger partial charge in [0.1, 0.15) is 0 Å². The van der Waals surface area contributed by atoms with Gasteiger partial charge in [0.05, 0.1) is 5.60 Å². The molecule has 14 heavy (non-hydrogen) atoms. The first-order valence-corrected chi connectivity index (χ1v) is 6.27. The molecule has 84 valence electrons. The van der Waals surface area contributed by atoms with Gasteiger partial charge in [-0.15, -0.1) is 0 Å². The minimum Gasteiger partial charge on any atom is -0.390 e. The number of hydrogen-bond donors (Lipinski definition) is 1. The van der Waals surface area contributed by atoms with Gasteiger partial charge in [0.15, 0.2) is 0 Å². The van der Waals surface area contributed by atoms with E-state index in [1.165, 1.54) is 32.1 Å². The van der Waals surface area contributed by atoms with Crippen LogP contribution in [0, 0.1) is 11.8 Å². The van der Waals surface area contributed by atoms with Crippen LogP contribution in [0.4, 0.5) is 0 Å². The van der Waals surface area contributed by atoms with E-state index in [0.717, 1.165) is 24.7 Å². The van der Waals surface area contributed by atoms with Gasteiger partial charge < -0.3 is 5.11 Å². The van der Waals surface area contributed by atoms with E-state index in [1.807, 2.05) is 6.92 Å². The second-order valence-corrected chi connectivity index (χ2v) is 5.45. The highest BCUT2D eigenvalue weighted by Crippen LogP contribution is 2.35. The topological polar surface area (TPSA) is 20.2 Å². The van der Waals surface area contributed by atoms with Crippen LogP contribution in [0.2, 0.25) is 0 Å². The molecule has 0 spiro atoms. The predicted octanol–water partition coefficient (Wildman–Crippen LogP) is 3.75. The molecule has 1 fully saturated rings. The third-order valence-electron chi connectivity index (χ3n) is 3.89. The minimum atomic E-state index is -0.374. The van der Waals surface area contributed by atoms with Crippen molar-refractivity contribution < 1.29 is 5.11 Å². The molecular weight excluding hydrogens is 172 g/mol. The van der Waals surface area contributed by atoms with Crippen LogP contribution in [0.1, 0.15) is 65.7 Å². The van der Waals surface area contributed by atoms with Gasteiger partial charge in [-0.25, -0.2) is 0 Å². The van der Waals surface area contributed by atoms with Gasteiger partial charge >= 0.3 is 0 Å². The molecule has 3 unspecified atom stereocenters. The molecule has 1 rings (SSSR count). The van der Waals surface area contributed by atoms with Crippen LogP contribution in [0.25, 0.3) is 0 Å². The van der Waals surface area contributed by atoms with Crippen LogP contribution < -0.4 is 0 Å². The average molecular weight is 198 g/mol. The third-order valence-corrected chi connectivity index (χ3v) is 3.89. The lowest BCUT2D eigenvalue weighted by Gasteiger charge is -2.23. The molecular formula is C13H26O. The average Bonchev–Trinajstić information content (AvgIpc) is 2.27. The van der Waals surface area contributed by atoms with E-state index >= 15 is 0 Å². The molecule has 0 bridgehead atoms. The van der Waals surface area contributed by atoms with Gasteiger partial charge in [0.25, 0.3) is 0 Å². The van der Waals surface area contributed by atoms with E-state index in [2.05, 4.69) is 13.8 Å². The molecule has 0 amide bonds. The van der Waals surface area contributed by atoms with E-state index in [4.69, 9.17) is 0 Å². The van der Waals surface area contributed by atoms with E-state index in [1.54, 1.807) is 0 Å². The molecule has 1 aliphatic carbocycles. The SMILES string of the molecule is CCCC(C)C1CCCC(C)(O)CC1. The zero-order valence-electron chi connectivity index (χ0n) is 10.1. The second-order valence-electron chi connectivity index (χ2n) is 5.45. The standard InChI is InChI=1S/C13H26O/c1-4-6-11(2)12-7-5-9-13(3,14)10-8-12/h11-12,14H,4-10H2,1-3H3. The molecule has 0 aliphatic heterocycles. The van der Waals surface area contributed by atoms with Crippen molar-refractivity contribution in [3.05, 3.63) is 0 Å². The Balaban J connectivity index is 2.41. The van der Waals surface area contributed by atoms with Crippen LogP contribution in [-0.2, 0) is 0 Å². The van der Waals surface area contributed by atoms with Crippen molar-refractivity contribution >= 4 is 0 Å². The Bertz CT molecular complexity index is 163. The van der Waals surface area contributed by atoms with Gasteiger partial charge in [0.2, 0.25) is 0 Å². The summed E-state index contributed by atoms with van der Waals surface area (Å²) >= 11 is 0. The Hall–Kier alpha value is -0.0400. The summed E-state index contributed by atoms with van der Waals surface area (Å²) in [7, 11) is 0. The van der Waals surface area contributed by atoms with Crippen molar-refractivity contribution in [3.8, 4) is 0 Å². The summed E-state index contributed by atoms with van der Waals surface area (Å²) in [6.45, 7) is 6.65. The van der Waals surface area contributed by atoms with Crippen molar-refractivity contribution in [2.45, 2.75) is 71.3 Å². The fraction of sp³-hybridized carbons (Fsp3) is 1.00. The summed E-state index contributed by atoms with van der Waals surface area (Å²) in [5.41, 5.74) is -0.374. The molecule has 1 N–H and O–H groups in total. The molecule has 0 radical (unpaired) electrons. The highest BCUT2D eigenvalue weighted by Gasteiger charge is 2.27. The first-order valence-electron chi connectivity index (χ1n) is 6.27. The molecule has 0 aromatic heterocycles. The van der Waals surface area contributed by atoms with Crippen LogP contribution >= 0.6 is 0 Å². The third kappa shape index (κ3) is 3.61. The van der Waals surface area contributed by atoms with Crippen LogP contribution in [0.3, 0.4) is 0 Å². The largest absolute Gasteiger partial charge is 0.390 e. The smallest absolute Gasteiger partial charge is 0.0619 e. The fourth-order valence-electron chi connectivity index (χ4n) is 2.77. The molecule has 1 saturated carbocycles. The summed E-state index contributed by atoms with van der Waals surface area (Å²) in [6.07, 6.45) is 8.44. The van der Waals surface area contributed by atoms with Gasteiger partial charge in [-0.1, -0.05) is 39.5 Å². The van der Waals surface area contributed by atoms with Gasteiger partial charge in [0, 0.05) is 0 Å². The second kappa shape index (κ2) is 5.16. The fourth-order valence-corrected chi connectivity index (χ4v) is 2.77. The first-order chi connectivity index (χ1) is 6.55. The molecule has 1 heteroatoms. The summed E-state index contributed by atoms with van der Waals surface area (Å²) in [6, 6.07) is 0. The Morgan fingerprint density at radius 1 is 1.36 bits per heavy atom. The van der Waals surface area contributed by atoms with Crippen molar-refractivity contribution in [3.63, 3.8) is 0 Å². The molecule has 1 nitrogen and oxygen atoms in total. The molecule has 0 aromatic rings. The summed E-state index contributed by atoms with van der Waals surface area (Å²) in [4.78, 5) is 0. The van der Waals surface area contributed by atoms with Crippen molar-refractivity contribution in [1.82, 2.24) is 0 Å². The Morgan fingerprint density at radius 3 is 2.71 bits per heavy atom. The predicted molar refractivity (Wildman–Crippen MR) is 61.3 cm³/mol. The lowest BCUT2D eigenvalue weighted by atomic mass is 9.84. The zero-order valence-corrected chi connectivity index (χ0v) is 10.1. The molecule has 1 aliphatic rings. The van der Waals surface area contributed by atoms with Crippen molar-refractivity contribution in [1.29, 1.82) is 0 Å². The quantitative estimate of drug-likeness (QED) is 0.685. The van der Waals surface area contributed by atoms with E-state index in [0.29, 0.717) is 0 Å². The summed E-state index contributed by atoms with van der Waals surface area (Å²) < 4.78 is 0. The van der Waals surface area contributed by atoms with Gasteiger partial charge in [-0.3, -0.25) is 0 Å². The Morgan fingerprint density at radius 2 is 2.07 bits per heavy atom. The van der Waals surface area contributed by atoms with Crippen LogP contribution in [0.15, 0.2) is 0 Å². The van der Waals surface area contributed by atoms with E-state index < -0.39 is 0 Å². The first kappa shape index (κ1) is 12.0. The summed E-state index contributed by atoms with van der Waals surface area (Å²) in [5, 5.41) is 9.98. The van der Waals surface area contributed by atoms with Gasteiger partial charge in [-0.05, 0) is 38.0 Å². The zero-order chi connectivity index (χ0) is 10.6. The lowest BCUT2D eigenvalue weighted by molar-refractivity contribution is 0.0424. The van der Waals surface area contributed by atoms with Crippen molar-refractivity contribution in [2.24, 2.45) is 11.8 Å². The maximum atomic E-state index is 9.98. The lowest BCUT2D eigenvalue weighted by Crippen LogP contribution is -2.22. The minimum absolute atomic E-state index is 0.374. The maximum absolute atomic E-state index is 9.98. The normalized spacial score (nSPS) is 36.4. The number of hydrogen-bond acceptors (Lipinski definition) is 1. The number of aliphatic hydroxyl groups is 1. The monoisotopic (exact) mass is 198 g/mol. The summed E-state index contributed by atoms with van der Waals surface area (Å²) in [5.74, 6) is 1.72. The van der Waals surface area contributed by atoms with Crippen LogP contribution in [0.5, 0.6) is 0 Å². The highest BCUT2D eigenvalue weighted by atomic mass is 16.3. The Labute approximate surface area is 88.9 Å². The van der Waals surface area contributed by atoms with Crippen molar-refractivity contribution in [2.75, 3.05) is 0 Å². The van der Waals surface area contributed by atoms with Crippen LogP contribution in [-0.4, -0.2) is 10.7 Å². The molecule has 0 aromatic carbocycles. The van der Waals surface area contributed by atoms with Gasteiger partial charge in [-0.2, -0.15) is 0 Å². The van der Waals surface area contributed by atoms with E-state index in [9.17, 15) is 5.11 Å². The maximum Gasteiger partial charge on any atom is 0.0619 e. The molecule has 3 atom stereocenters. The molecule has 0 heterocycles. The Kier molecular flexibility index (Phi) is 4.43. The highest BCUT2D eigenvalue weighted by molar-refractivity contribution is 4.80. The molecule has 0 saturated heterocycles.